The summed E-state index contributed by atoms with van der Waals surface area (Å²) in [5.74, 6) is 0. The van der Waals surface area contributed by atoms with E-state index in [1.807, 2.05) is 6.08 Å². The number of unbranched alkanes of at least 4 members (excludes halogenated alkanes) is 1. The van der Waals surface area contributed by atoms with E-state index in [1.165, 1.54) is 0 Å². The Morgan fingerprint density at radius 1 is 1.73 bits per heavy atom. The standard InChI is InChI=1S/C8H15NO2/c1-3-5-6-7-9-8(10)11-4-2/h3H,1,4-7H2,2H3,(H,9,10). The maximum atomic E-state index is 10.6. The summed E-state index contributed by atoms with van der Waals surface area (Å²) in [6, 6.07) is 0. The lowest BCUT2D eigenvalue weighted by Crippen LogP contribution is -2.25. The molecule has 3 nitrogen and oxygen atoms in total. The summed E-state index contributed by atoms with van der Waals surface area (Å²) in [4.78, 5) is 10.6. The van der Waals surface area contributed by atoms with Crippen LogP contribution >= 0.6 is 0 Å². The number of rotatable bonds is 5. The Morgan fingerprint density at radius 3 is 3.00 bits per heavy atom. The van der Waals surface area contributed by atoms with Crippen LogP contribution in [0.2, 0.25) is 0 Å². The number of allylic oxidation sites excluding steroid dienone is 1. The van der Waals surface area contributed by atoms with Gasteiger partial charge in [-0.15, -0.1) is 6.58 Å². The van der Waals surface area contributed by atoms with Crippen molar-refractivity contribution in [2.45, 2.75) is 19.8 Å². The fourth-order valence-electron chi connectivity index (χ4n) is 0.619. The first-order valence-corrected chi connectivity index (χ1v) is 3.82. The molecular formula is C8H15NO2. The monoisotopic (exact) mass is 157 g/mol. The van der Waals surface area contributed by atoms with Gasteiger partial charge in [0.25, 0.3) is 0 Å². The van der Waals surface area contributed by atoms with Gasteiger partial charge in [0.05, 0.1) is 6.61 Å². The normalized spacial score (nSPS) is 8.82. The van der Waals surface area contributed by atoms with Gasteiger partial charge in [-0.1, -0.05) is 6.08 Å². The fourth-order valence-corrected chi connectivity index (χ4v) is 0.619. The maximum Gasteiger partial charge on any atom is 0.407 e. The summed E-state index contributed by atoms with van der Waals surface area (Å²) < 4.78 is 4.65. The highest BCUT2D eigenvalue weighted by atomic mass is 16.5. The molecule has 0 aliphatic carbocycles. The summed E-state index contributed by atoms with van der Waals surface area (Å²) in [6.45, 7) is 6.43. The highest BCUT2D eigenvalue weighted by Gasteiger charge is 1.96. The third-order valence-electron chi connectivity index (χ3n) is 1.13. The minimum absolute atomic E-state index is 0.337. The highest BCUT2D eigenvalue weighted by Crippen LogP contribution is 1.86. The van der Waals surface area contributed by atoms with Crippen molar-refractivity contribution in [1.82, 2.24) is 5.32 Å². The van der Waals surface area contributed by atoms with Gasteiger partial charge in [0, 0.05) is 6.54 Å². The first-order chi connectivity index (χ1) is 5.31. The van der Waals surface area contributed by atoms with E-state index in [0.717, 1.165) is 12.8 Å². The van der Waals surface area contributed by atoms with Crippen LogP contribution in [0.1, 0.15) is 19.8 Å². The molecule has 64 valence electrons. The van der Waals surface area contributed by atoms with E-state index in [9.17, 15) is 4.79 Å². The molecule has 0 bridgehead atoms. The van der Waals surface area contributed by atoms with Crippen molar-refractivity contribution in [3.8, 4) is 0 Å². The Labute approximate surface area is 67.4 Å². The SMILES string of the molecule is C=CCCCNC(=O)OCC. The van der Waals surface area contributed by atoms with Crippen molar-refractivity contribution >= 4 is 6.09 Å². The van der Waals surface area contributed by atoms with Crippen LogP contribution in [0.5, 0.6) is 0 Å². The molecule has 0 atom stereocenters. The molecule has 0 aromatic heterocycles. The van der Waals surface area contributed by atoms with Crippen LogP contribution < -0.4 is 5.32 Å². The Balaban J connectivity index is 3.10. The molecule has 0 unspecified atom stereocenters. The fraction of sp³-hybridized carbons (Fsp3) is 0.625. The van der Waals surface area contributed by atoms with Crippen molar-refractivity contribution < 1.29 is 9.53 Å². The molecule has 3 heteroatoms. The van der Waals surface area contributed by atoms with E-state index in [4.69, 9.17) is 0 Å². The first-order valence-electron chi connectivity index (χ1n) is 3.82. The summed E-state index contributed by atoms with van der Waals surface area (Å²) in [5, 5.41) is 2.61. The Kier molecular flexibility index (Phi) is 6.48. The molecule has 0 aliphatic rings. The van der Waals surface area contributed by atoms with Crippen LogP contribution in [0.4, 0.5) is 4.79 Å². The summed E-state index contributed by atoms with van der Waals surface area (Å²) in [5.41, 5.74) is 0. The molecule has 0 rings (SSSR count). The molecule has 0 heterocycles. The van der Waals surface area contributed by atoms with Gasteiger partial charge < -0.3 is 10.1 Å². The van der Waals surface area contributed by atoms with Gasteiger partial charge in [0.2, 0.25) is 0 Å². The van der Waals surface area contributed by atoms with E-state index in [-0.39, 0.29) is 6.09 Å². The Bertz CT molecular complexity index is 123. The van der Waals surface area contributed by atoms with Crippen LogP contribution in [0.3, 0.4) is 0 Å². The summed E-state index contributed by atoms with van der Waals surface area (Å²) in [7, 11) is 0. The smallest absolute Gasteiger partial charge is 0.407 e. The minimum atomic E-state index is -0.337. The van der Waals surface area contributed by atoms with Gasteiger partial charge in [-0.2, -0.15) is 0 Å². The maximum absolute atomic E-state index is 10.6. The van der Waals surface area contributed by atoms with Crippen molar-refractivity contribution in [2.24, 2.45) is 0 Å². The Hall–Kier alpha value is -0.990. The van der Waals surface area contributed by atoms with E-state index in [0.29, 0.717) is 13.2 Å². The van der Waals surface area contributed by atoms with E-state index >= 15 is 0 Å². The Morgan fingerprint density at radius 2 is 2.45 bits per heavy atom. The number of amides is 1. The van der Waals surface area contributed by atoms with Gasteiger partial charge in [-0.05, 0) is 19.8 Å². The topological polar surface area (TPSA) is 38.3 Å². The number of nitrogens with one attached hydrogen (secondary N) is 1. The number of hydrogen-bond donors (Lipinski definition) is 1. The zero-order valence-electron chi connectivity index (χ0n) is 6.93. The van der Waals surface area contributed by atoms with E-state index < -0.39 is 0 Å². The number of alkyl carbamates (subject to hydrolysis) is 1. The molecular weight excluding hydrogens is 142 g/mol. The molecule has 0 saturated heterocycles. The number of hydrogen-bond acceptors (Lipinski definition) is 2. The molecule has 1 N–H and O–H groups in total. The van der Waals surface area contributed by atoms with Crippen LogP contribution in [0.15, 0.2) is 12.7 Å². The molecule has 0 aromatic carbocycles. The number of carbonyl (C=O) groups excluding carboxylic acids is 1. The van der Waals surface area contributed by atoms with Crippen molar-refractivity contribution in [3.63, 3.8) is 0 Å². The third kappa shape index (κ3) is 6.90. The lowest BCUT2D eigenvalue weighted by molar-refractivity contribution is 0.152. The summed E-state index contributed by atoms with van der Waals surface area (Å²) in [6.07, 6.45) is 3.33. The quantitative estimate of drug-likeness (QED) is 0.487. The largest absolute Gasteiger partial charge is 0.450 e. The highest BCUT2D eigenvalue weighted by molar-refractivity contribution is 5.66. The molecule has 0 saturated carbocycles. The van der Waals surface area contributed by atoms with Gasteiger partial charge in [-0.25, -0.2) is 4.79 Å². The number of ether oxygens (including phenoxy) is 1. The van der Waals surface area contributed by atoms with Gasteiger partial charge >= 0.3 is 6.09 Å². The molecule has 0 fully saturated rings. The second-order valence-corrected chi connectivity index (χ2v) is 2.08. The van der Waals surface area contributed by atoms with Crippen LogP contribution in [0.25, 0.3) is 0 Å². The van der Waals surface area contributed by atoms with Gasteiger partial charge in [0.15, 0.2) is 0 Å². The van der Waals surface area contributed by atoms with Crippen LogP contribution in [-0.2, 0) is 4.74 Å². The molecule has 0 spiro atoms. The second-order valence-electron chi connectivity index (χ2n) is 2.08. The molecule has 0 radical (unpaired) electrons. The molecule has 0 aromatic rings. The molecule has 11 heavy (non-hydrogen) atoms. The lowest BCUT2D eigenvalue weighted by atomic mass is 10.3. The zero-order chi connectivity index (χ0) is 8.53. The van der Waals surface area contributed by atoms with Crippen LogP contribution in [0, 0.1) is 0 Å². The van der Waals surface area contributed by atoms with Gasteiger partial charge in [-0.3, -0.25) is 0 Å². The van der Waals surface area contributed by atoms with E-state index in [2.05, 4.69) is 16.6 Å². The average Bonchev–Trinajstić information content (AvgIpc) is 1.99. The van der Waals surface area contributed by atoms with Gasteiger partial charge in [0.1, 0.15) is 0 Å². The van der Waals surface area contributed by atoms with E-state index in [1.54, 1.807) is 6.92 Å². The van der Waals surface area contributed by atoms with Crippen molar-refractivity contribution in [2.75, 3.05) is 13.2 Å². The molecule has 0 aliphatic heterocycles. The summed E-state index contributed by atoms with van der Waals surface area (Å²) >= 11 is 0. The predicted octanol–water partition coefficient (Wildman–Crippen LogP) is 1.70. The first kappa shape index (κ1) is 10.0. The van der Waals surface area contributed by atoms with Crippen molar-refractivity contribution in [3.05, 3.63) is 12.7 Å². The molecule has 1 amide bonds. The number of carbonyl (C=O) groups is 1. The minimum Gasteiger partial charge on any atom is -0.450 e. The average molecular weight is 157 g/mol. The van der Waals surface area contributed by atoms with Crippen molar-refractivity contribution in [1.29, 1.82) is 0 Å². The lowest BCUT2D eigenvalue weighted by Gasteiger charge is -2.02. The third-order valence-corrected chi connectivity index (χ3v) is 1.13. The predicted molar refractivity (Wildman–Crippen MR) is 44.5 cm³/mol. The zero-order valence-corrected chi connectivity index (χ0v) is 6.93. The van der Waals surface area contributed by atoms with Crippen LogP contribution in [-0.4, -0.2) is 19.2 Å². The second kappa shape index (κ2) is 7.12.